The molecule has 0 spiro atoms. The molecule has 0 aliphatic carbocycles. The number of carboxylic acids is 1. The topological polar surface area (TPSA) is 114 Å². The molecule has 2 aliphatic heterocycles. The van der Waals surface area contributed by atoms with Crippen molar-refractivity contribution in [3.8, 4) is 0 Å². The molecule has 0 bridgehead atoms. The minimum absolute atomic E-state index is 0.0567. The fourth-order valence-electron chi connectivity index (χ4n) is 4.47. The third-order valence-electron chi connectivity index (χ3n) is 6.49. The summed E-state index contributed by atoms with van der Waals surface area (Å²) in [5, 5.41) is 24.2. The second kappa shape index (κ2) is 10.4. The molecule has 8 nitrogen and oxygen atoms in total. The van der Waals surface area contributed by atoms with Gasteiger partial charge in [0.15, 0.2) is 5.17 Å². The van der Waals surface area contributed by atoms with Crippen LogP contribution in [0.2, 0.25) is 5.02 Å². The molecule has 3 aromatic rings. The minimum atomic E-state index is -1.09. The summed E-state index contributed by atoms with van der Waals surface area (Å²) in [6.07, 6.45) is 0.494. The Morgan fingerprint density at radius 2 is 1.66 bits per heavy atom. The van der Waals surface area contributed by atoms with Crippen LogP contribution in [0.15, 0.2) is 77.9 Å². The predicted molar refractivity (Wildman–Crippen MR) is 148 cm³/mol. The molecule has 1 saturated heterocycles. The average Bonchev–Trinajstić information content (AvgIpc) is 3.46. The van der Waals surface area contributed by atoms with Gasteiger partial charge in [0.1, 0.15) is 5.25 Å². The first kappa shape index (κ1) is 25.7. The van der Waals surface area contributed by atoms with Gasteiger partial charge in [0.05, 0.1) is 23.0 Å². The standard InChI is InChI=1S/C28H23ClN4O4S/c1-16-2-4-17(5-3-16)22-14-23(18-6-10-20(29)11-7-18)33(31-22)28(30)38-24-15-25(34)32(26(24)35)21-12-8-19(9-13-21)27(36)37/h2-13,23-24,30H,14-15H2,1H3,(H,36,37)/t23-,24+/m1/s1. The summed E-state index contributed by atoms with van der Waals surface area (Å²) in [5.74, 6) is -1.94. The van der Waals surface area contributed by atoms with Crippen LogP contribution in [0.4, 0.5) is 5.69 Å². The number of hydrazone groups is 1. The Hall–Kier alpha value is -3.95. The Bertz CT molecular complexity index is 1460. The van der Waals surface area contributed by atoms with Crippen LogP contribution >= 0.6 is 23.4 Å². The van der Waals surface area contributed by atoms with Crippen LogP contribution in [-0.2, 0) is 9.59 Å². The molecule has 5 rings (SSSR count). The normalized spacial score (nSPS) is 19.2. The average molecular weight is 547 g/mol. The van der Waals surface area contributed by atoms with Gasteiger partial charge in [-0.05, 0) is 54.4 Å². The number of hydrogen-bond donors (Lipinski definition) is 2. The first-order valence-corrected chi connectivity index (χ1v) is 13.1. The van der Waals surface area contributed by atoms with E-state index in [-0.39, 0.29) is 23.2 Å². The molecule has 2 N–H and O–H groups in total. The number of nitrogens with one attached hydrogen (secondary N) is 1. The van der Waals surface area contributed by atoms with Crippen LogP contribution in [0.5, 0.6) is 0 Å². The number of carbonyl (C=O) groups is 3. The Labute approximate surface area is 228 Å². The number of nitrogens with zero attached hydrogens (tertiary/aromatic N) is 3. The van der Waals surface area contributed by atoms with Gasteiger partial charge in [0.2, 0.25) is 11.8 Å². The molecule has 10 heteroatoms. The number of carbonyl (C=O) groups excluding carboxylic acids is 2. The summed E-state index contributed by atoms with van der Waals surface area (Å²) in [4.78, 5) is 38.1. The highest BCUT2D eigenvalue weighted by Crippen LogP contribution is 2.38. The summed E-state index contributed by atoms with van der Waals surface area (Å²) < 4.78 is 0. The maximum atomic E-state index is 13.2. The van der Waals surface area contributed by atoms with Gasteiger partial charge in [-0.2, -0.15) is 5.10 Å². The Kier molecular flexibility index (Phi) is 7.05. The first-order valence-electron chi connectivity index (χ1n) is 11.9. The van der Waals surface area contributed by atoms with Crippen molar-refractivity contribution in [3.63, 3.8) is 0 Å². The molecule has 2 amide bonds. The zero-order valence-electron chi connectivity index (χ0n) is 20.3. The first-order chi connectivity index (χ1) is 18.2. The van der Waals surface area contributed by atoms with Gasteiger partial charge in [0.25, 0.3) is 0 Å². The smallest absolute Gasteiger partial charge is 0.335 e. The van der Waals surface area contributed by atoms with Crippen molar-refractivity contribution in [1.29, 1.82) is 5.41 Å². The second-order valence-corrected chi connectivity index (χ2v) is 10.7. The zero-order chi connectivity index (χ0) is 27.0. The van der Waals surface area contributed by atoms with Crippen LogP contribution in [0.25, 0.3) is 0 Å². The second-order valence-electron chi connectivity index (χ2n) is 9.06. The maximum Gasteiger partial charge on any atom is 0.335 e. The summed E-state index contributed by atoms with van der Waals surface area (Å²) in [5.41, 5.74) is 4.21. The Balaban J connectivity index is 1.38. The molecular formula is C28H23ClN4O4S. The van der Waals surface area contributed by atoms with Gasteiger partial charge >= 0.3 is 5.97 Å². The monoisotopic (exact) mass is 546 g/mol. The molecule has 2 heterocycles. The number of carboxylic acid groups (broad SMARTS) is 1. The zero-order valence-corrected chi connectivity index (χ0v) is 21.9. The van der Waals surface area contributed by atoms with Crippen LogP contribution in [-0.4, -0.2) is 44.0 Å². The van der Waals surface area contributed by atoms with E-state index in [1.807, 2.05) is 43.3 Å². The SMILES string of the molecule is Cc1ccc(C2=NN(C(=N)S[C@H]3CC(=O)N(c4ccc(C(=O)O)cc4)C3=O)[C@@H](c3ccc(Cl)cc3)C2)cc1. The number of imide groups is 1. The molecule has 3 aromatic carbocycles. The van der Waals surface area contributed by atoms with Crippen molar-refractivity contribution in [3.05, 3.63) is 100 Å². The quantitative estimate of drug-likeness (QED) is 0.248. The molecule has 2 atom stereocenters. The van der Waals surface area contributed by atoms with Crippen molar-refractivity contribution in [2.24, 2.45) is 5.10 Å². The summed E-state index contributed by atoms with van der Waals surface area (Å²) >= 11 is 7.09. The number of halogens is 1. The third-order valence-corrected chi connectivity index (χ3v) is 7.80. The van der Waals surface area contributed by atoms with E-state index in [0.29, 0.717) is 17.1 Å². The van der Waals surface area contributed by atoms with E-state index < -0.39 is 23.0 Å². The molecule has 38 heavy (non-hydrogen) atoms. The van der Waals surface area contributed by atoms with E-state index >= 15 is 0 Å². The summed E-state index contributed by atoms with van der Waals surface area (Å²) in [6, 6.07) is 20.7. The van der Waals surface area contributed by atoms with Crippen molar-refractivity contribution >= 4 is 57.7 Å². The highest BCUT2D eigenvalue weighted by Gasteiger charge is 2.42. The largest absolute Gasteiger partial charge is 0.478 e. The lowest BCUT2D eigenvalue weighted by molar-refractivity contribution is -0.121. The Morgan fingerprint density at radius 3 is 2.29 bits per heavy atom. The molecule has 0 saturated carbocycles. The highest BCUT2D eigenvalue weighted by molar-refractivity contribution is 8.14. The van der Waals surface area contributed by atoms with E-state index in [1.54, 1.807) is 17.1 Å². The summed E-state index contributed by atoms with van der Waals surface area (Å²) in [6.45, 7) is 2.01. The van der Waals surface area contributed by atoms with Gasteiger partial charge in [-0.25, -0.2) is 14.7 Å². The van der Waals surface area contributed by atoms with Gasteiger partial charge in [-0.3, -0.25) is 15.0 Å². The molecular weight excluding hydrogens is 524 g/mol. The number of thioether (sulfide) groups is 1. The van der Waals surface area contributed by atoms with Crippen molar-refractivity contribution < 1.29 is 19.5 Å². The van der Waals surface area contributed by atoms with Crippen molar-refractivity contribution in [2.75, 3.05) is 4.90 Å². The highest BCUT2D eigenvalue weighted by atomic mass is 35.5. The number of benzene rings is 3. The number of aryl methyl sites for hydroxylation is 1. The number of rotatable bonds is 5. The van der Waals surface area contributed by atoms with Gasteiger partial charge in [-0.1, -0.05) is 65.3 Å². The lowest BCUT2D eigenvalue weighted by atomic mass is 9.98. The van der Waals surface area contributed by atoms with Gasteiger partial charge in [0, 0.05) is 17.9 Å². The maximum absolute atomic E-state index is 13.2. The van der Waals surface area contributed by atoms with Crippen LogP contribution in [0.1, 0.15) is 45.9 Å². The molecule has 0 radical (unpaired) electrons. The predicted octanol–water partition coefficient (Wildman–Crippen LogP) is 5.50. The number of hydrogen-bond acceptors (Lipinski definition) is 6. The van der Waals surface area contributed by atoms with E-state index in [2.05, 4.69) is 0 Å². The summed E-state index contributed by atoms with van der Waals surface area (Å²) in [7, 11) is 0. The fourth-order valence-corrected chi connectivity index (χ4v) is 5.58. The lowest BCUT2D eigenvalue weighted by Crippen LogP contribution is -2.32. The molecule has 2 aliphatic rings. The van der Waals surface area contributed by atoms with E-state index in [0.717, 1.165) is 39.1 Å². The molecule has 1 fully saturated rings. The van der Waals surface area contributed by atoms with Crippen LogP contribution in [0.3, 0.4) is 0 Å². The number of amidine groups is 1. The Morgan fingerprint density at radius 1 is 1.00 bits per heavy atom. The van der Waals surface area contributed by atoms with E-state index in [9.17, 15) is 14.4 Å². The van der Waals surface area contributed by atoms with Crippen LogP contribution in [0, 0.1) is 12.3 Å². The van der Waals surface area contributed by atoms with Crippen molar-refractivity contribution in [2.45, 2.75) is 31.1 Å². The third kappa shape index (κ3) is 5.07. The molecule has 0 aromatic heterocycles. The lowest BCUT2D eigenvalue weighted by Gasteiger charge is -2.24. The molecule has 0 unspecified atom stereocenters. The number of amides is 2. The number of aromatic carboxylic acids is 1. The van der Waals surface area contributed by atoms with Crippen LogP contribution < -0.4 is 4.90 Å². The van der Waals surface area contributed by atoms with E-state index in [4.69, 9.17) is 27.2 Å². The number of anilines is 1. The van der Waals surface area contributed by atoms with Crippen molar-refractivity contribution in [1.82, 2.24) is 5.01 Å². The van der Waals surface area contributed by atoms with E-state index in [1.165, 1.54) is 24.3 Å². The van der Waals surface area contributed by atoms with Gasteiger partial charge < -0.3 is 5.11 Å². The van der Waals surface area contributed by atoms with Gasteiger partial charge in [-0.15, -0.1) is 0 Å². The molecule has 192 valence electrons. The minimum Gasteiger partial charge on any atom is -0.478 e. The fraction of sp³-hybridized carbons (Fsp3) is 0.179.